The predicted octanol–water partition coefficient (Wildman–Crippen LogP) is 2.64. The van der Waals surface area contributed by atoms with Crippen LogP contribution in [0.3, 0.4) is 0 Å². The number of ketones is 1. The van der Waals surface area contributed by atoms with Gasteiger partial charge in [-0.15, -0.1) is 0 Å². The molecule has 4 aliphatic carbocycles. The van der Waals surface area contributed by atoms with Crippen molar-refractivity contribution in [1.82, 2.24) is 0 Å². The Hall–Kier alpha value is -1.16. The molecule has 4 saturated carbocycles. The molecule has 8 atom stereocenters. The van der Waals surface area contributed by atoms with Crippen LogP contribution in [-0.2, 0) is 14.3 Å². The molecule has 0 aromatic rings. The number of allylic oxidation sites excluding steroid dienone is 1. The fraction of sp³-hybridized carbons (Fsp3) is 0.800. The van der Waals surface area contributed by atoms with Crippen molar-refractivity contribution in [1.29, 1.82) is 0 Å². The number of ether oxygens (including phenoxy) is 1. The van der Waals surface area contributed by atoms with Crippen LogP contribution in [0.2, 0.25) is 0 Å². The quantitative estimate of drug-likeness (QED) is 0.548. The van der Waals surface area contributed by atoms with Gasteiger partial charge in [-0.05, 0) is 43.9 Å². The van der Waals surface area contributed by atoms with Gasteiger partial charge in [0.05, 0.1) is 11.5 Å². The smallest absolute Gasteiger partial charge is 0.312 e. The monoisotopic (exact) mass is 330 g/mol. The minimum Gasteiger partial charge on any atom is -0.459 e. The van der Waals surface area contributed by atoms with Crippen LogP contribution >= 0.6 is 0 Å². The summed E-state index contributed by atoms with van der Waals surface area (Å²) in [6.45, 7) is 8.42. The van der Waals surface area contributed by atoms with E-state index in [1.807, 2.05) is 6.92 Å². The van der Waals surface area contributed by atoms with Crippen LogP contribution < -0.4 is 0 Å². The van der Waals surface area contributed by atoms with E-state index >= 15 is 0 Å². The minimum absolute atomic E-state index is 0.0232. The molecule has 8 unspecified atom stereocenters. The van der Waals surface area contributed by atoms with Crippen LogP contribution in [0.4, 0.5) is 0 Å². The Morgan fingerprint density at radius 3 is 2.75 bits per heavy atom. The number of rotatable bonds is 0. The molecule has 5 rings (SSSR count). The zero-order chi connectivity index (χ0) is 17.1. The summed E-state index contributed by atoms with van der Waals surface area (Å²) in [4.78, 5) is 25.4. The summed E-state index contributed by atoms with van der Waals surface area (Å²) < 4.78 is 5.81. The topological polar surface area (TPSA) is 63.6 Å². The normalized spacial score (nSPS) is 58.3. The molecule has 0 radical (unpaired) electrons. The summed E-state index contributed by atoms with van der Waals surface area (Å²) in [6, 6.07) is 0. The second-order valence-electron chi connectivity index (χ2n) is 9.62. The second-order valence-corrected chi connectivity index (χ2v) is 9.62. The third kappa shape index (κ3) is 1.39. The fourth-order valence-corrected chi connectivity index (χ4v) is 7.75. The van der Waals surface area contributed by atoms with Crippen molar-refractivity contribution in [2.45, 2.75) is 64.6 Å². The number of carbonyl (C=O) groups excluding carboxylic acids is 2. The molecule has 24 heavy (non-hydrogen) atoms. The number of Topliss-reactive ketones (excluding diaryl/α,β-unsaturated/α-hetero) is 1. The lowest BCUT2D eigenvalue weighted by atomic mass is 9.40. The Morgan fingerprint density at radius 2 is 2.00 bits per heavy atom. The zero-order valence-corrected chi connectivity index (χ0v) is 14.5. The third-order valence-electron chi connectivity index (χ3n) is 8.66. The van der Waals surface area contributed by atoms with Crippen molar-refractivity contribution < 1.29 is 19.4 Å². The highest BCUT2D eigenvalue weighted by Gasteiger charge is 2.75. The highest BCUT2D eigenvalue weighted by Crippen LogP contribution is 2.73. The Labute approximate surface area is 142 Å². The third-order valence-corrected chi connectivity index (χ3v) is 8.66. The van der Waals surface area contributed by atoms with E-state index in [9.17, 15) is 14.7 Å². The molecule has 1 spiro atoms. The molecule has 130 valence electrons. The first-order valence-electron chi connectivity index (χ1n) is 9.34. The molecular weight excluding hydrogens is 304 g/mol. The van der Waals surface area contributed by atoms with Crippen molar-refractivity contribution >= 4 is 11.8 Å². The molecule has 0 amide bonds. The molecule has 0 aromatic heterocycles. The number of hydrogen-bond acceptors (Lipinski definition) is 4. The van der Waals surface area contributed by atoms with Crippen LogP contribution in [0, 0.1) is 34.0 Å². The van der Waals surface area contributed by atoms with E-state index in [1.165, 1.54) is 0 Å². The standard InChI is InChI=1S/C20H26O4/c1-10-8-20-9-11(10)12(21)7-13(20)18(2)5-4-6-19(3)15(18)14(16(20)22)24-17(19)23/h11,13-16,22H,1,4-9H2,2-3H3. The maximum atomic E-state index is 12.7. The summed E-state index contributed by atoms with van der Waals surface area (Å²) >= 11 is 0. The van der Waals surface area contributed by atoms with Crippen LogP contribution in [-0.4, -0.2) is 29.1 Å². The second kappa shape index (κ2) is 4.14. The van der Waals surface area contributed by atoms with Crippen molar-refractivity contribution in [3.63, 3.8) is 0 Å². The van der Waals surface area contributed by atoms with Crippen LogP contribution in [0.1, 0.15) is 52.4 Å². The lowest BCUT2D eigenvalue weighted by Gasteiger charge is -2.63. The van der Waals surface area contributed by atoms with Gasteiger partial charge in [0.25, 0.3) is 0 Å². The Balaban J connectivity index is 1.71. The number of aliphatic hydroxyl groups is 1. The first-order chi connectivity index (χ1) is 11.2. The van der Waals surface area contributed by atoms with Gasteiger partial charge in [0.1, 0.15) is 11.9 Å². The van der Waals surface area contributed by atoms with E-state index in [-0.39, 0.29) is 34.6 Å². The molecule has 1 saturated heterocycles. The molecule has 1 aliphatic heterocycles. The maximum Gasteiger partial charge on any atom is 0.312 e. The lowest BCUT2D eigenvalue weighted by Crippen LogP contribution is -2.66. The molecular formula is C20H26O4. The van der Waals surface area contributed by atoms with Gasteiger partial charge in [-0.2, -0.15) is 0 Å². The molecule has 2 bridgehead atoms. The van der Waals surface area contributed by atoms with Crippen LogP contribution in [0.5, 0.6) is 0 Å². The fourth-order valence-electron chi connectivity index (χ4n) is 7.75. The van der Waals surface area contributed by atoms with E-state index in [2.05, 4.69) is 13.5 Å². The molecule has 5 fully saturated rings. The van der Waals surface area contributed by atoms with Crippen molar-refractivity contribution in [2.75, 3.05) is 0 Å². The molecule has 5 aliphatic rings. The van der Waals surface area contributed by atoms with Crippen LogP contribution in [0.15, 0.2) is 12.2 Å². The first kappa shape index (κ1) is 15.1. The summed E-state index contributed by atoms with van der Waals surface area (Å²) in [5, 5.41) is 11.3. The summed E-state index contributed by atoms with van der Waals surface area (Å²) in [7, 11) is 0. The predicted molar refractivity (Wildman–Crippen MR) is 86.9 cm³/mol. The summed E-state index contributed by atoms with van der Waals surface area (Å²) in [6.07, 6.45) is 3.70. The average Bonchev–Trinajstić information content (AvgIpc) is 2.96. The van der Waals surface area contributed by atoms with Crippen molar-refractivity contribution in [3.05, 3.63) is 12.2 Å². The van der Waals surface area contributed by atoms with Gasteiger partial charge < -0.3 is 9.84 Å². The van der Waals surface area contributed by atoms with Gasteiger partial charge in [0.2, 0.25) is 0 Å². The highest BCUT2D eigenvalue weighted by atomic mass is 16.6. The van der Waals surface area contributed by atoms with Gasteiger partial charge in [-0.3, -0.25) is 9.59 Å². The number of hydrogen-bond donors (Lipinski definition) is 1. The molecule has 1 N–H and O–H groups in total. The molecule has 4 heteroatoms. The number of esters is 1. The highest BCUT2D eigenvalue weighted by molar-refractivity contribution is 5.87. The Kier molecular flexibility index (Phi) is 2.61. The SMILES string of the molecule is C=C1CC23CC1C(=O)CC2C1(C)CCCC2(C)C(=O)OC(C21)C3O. The van der Waals surface area contributed by atoms with Gasteiger partial charge in [0, 0.05) is 23.7 Å². The number of aliphatic hydroxyl groups excluding tert-OH is 1. The van der Waals surface area contributed by atoms with Crippen molar-refractivity contribution in [2.24, 2.45) is 34.0 Å². The van der Waals surface area contributed by atoms with Gasteiger partial charge in [-0.1, -0.05) is 25.5 Å². The van der Waals surface area contributed by atoms with E-state index < -0.39 is 17.6 Å². The van der Waals surface area contributed by atoms with E-state index in [0.717, 1.165) is 24.8 Å². The van der Waals surface area contributed by atoms with Gasteiger partial charge in [-0.25, -0.2) is 0 Å². The van der Waals surface area contributed by atoms with Crippen molar-refractivity contribution in [3.8, 4) is 0 Å². The van der Waals surface area contributed by atoms with E-state index in [0.29, 0.717) is 25.0 Å². The van der Waals surface area contributed by atoms with Gasteiger partial charge >= 0.3 is 5.97 Å². The first-order valence-corrected chi connectivity index (χ1v) is 9.34. The largest absolute Gasteiger partial charge is 0.459 e. The number of carbonyl (C=O) groups is 2. The molecule has 4 nitrogen and oxygen atoms in total. The lowest BCUT2D eigenvalue weighted by molar-refractivity contribution is -0.218. The number of fused-ring (bicyclic) bond motifs is 2. The zero-order valence-electron chi connectivity index (χ0n) is 14.5. The maximum absolute atomic E-state index is 12.7. The summed E-state index contributed by atoms with van der Waals surface area (Å²) in [5.41, 5.74) is 0.0323. The Morgan fingerprint density at radius 1 is 1.25 bits per heavy atom. The minimum atomic E-state index is -0.667. The van der Waals surface area contributed by atoms with Crippen LogP contribution in [0.25, 0.3) is 0 Å². The van der Waals surface area contributed by atoms with E-state index in [1.54, 1.807) is 0 Å². The average molecular weight is 330 g/mol. The van der Waals surface area contributed by atoms with E-state index in [4.69, 9.17) is 4.74 Å². The molecule has 0 aromatic carbocycles. The molecule has 1 heterocycles. The summed E-state index contributed by atoms with van der Waals surface area (Å²) in [5.74, 6) is 0.219. The van der Waals surface area contributed by atoms with Gasteiger partial charge in [0.15, 0.2) is 0 Å². The Bertz CT molecular complexity index is 683.